The van der Waals surface area contributed by atoms with Crippen LogP contribution in [0.1, 0.15) is 24.2 Å². The maximum atomic E-state index is 12.6. The van der Waals surface area contributed by atoms with Gasteiger partial charge in [0, 0.05) is 11.6 Å². The molecule has 0 bridgehead atoms. The van der Waals surface area contributed by atoms with Gasteiger partial charge in [-0.1, -0.05) is 25.4 Å². The number of nitrogens with one attached hydrogen (secondary N) is 1. The number of ether oxygens (including phenoxy) is 3. The lowest BCUT2D eigenvalue weighted by atomic mass is 10.1. The van der Waals surface area contributed by atoms with E-state index in [1.807, 2.05) is 13.8 Å². The lowest BCUT2D eigenvalue weighted by Gasteiger charge is -2.16. The molecule has 2 aromatic carbocycles. The minimum atomic E-state index is -0.374. The summed E-state index contributed by atoms with van der Waals surface area (Å²) >= 11 is 6.29. The molecular formula is C19H24Cl2N2O4. The van der Waals surface area contributed by atoms with Crippen LogP contribution in [-0.4, -0.2) is 26.7 Å². The van der Waals surface area contributed by atoms with Crippen LogP contribution >= 0.6 is 24.0 Å². The Bertz CT molecular complexity index is 798. The van der Waals surface area contributed by atoms with Crippen LogP contribution < -0.4 is 25.3 Å². The summed E-state index contributed by atoms with van der Waals surface area (Å²) in [5, 5.41) is 3.05. The van der Waals surface area contributed by atoms with Gasteiger partial charge in [0.25, 0.3) is 5.91 Å². The number of halogens is 2. The third-order valence-electron chi connectivity index (χ3n) is 3.56. The number of amides is 1. The molecule has 0 saturated heterocycles. The lowest BCUT2D eigenvalue weighted by Crippen LogP contribution is -2.14. The molecule has 0 aromatic heterocycles. The molecule has 0 atom stereocenters. The quantitative estimate of drug-likeness (QED) is 0.644. The van der Waals surface area contributed by atoms with E-state index >= 15 is 0 Å². The van der Waals surface area contributed by atoms with Gasteiger partial charge in [-0.3, -0.25) is 4.79 Å². The molecule has 0 heterocycles. The molecular weight excluding hydrogens is 391 g/mol. The molecule has 27 heavy (non-hydrogen) atoms. The van der Waals surface area contributed by atoms with Crippen molar-refractivity contribution < 1.29 is 19.0 Å². The summed E-state index contributed by atoms with van der Waals surface area (Å²) in [6.45, 7) is 4.55. The van der Waals surface area contributed by atoms with Gasteiger partial charge in [-0.25, -0.2) is 0 Å². The van der Waals surface area contributed by atoms with Crippen molar-refractivity contribution >= 4 is 41.3 Å². The maximum absolute atomic E-state index is 12.6. The van der Waals surface area contributed by atoms with Gasteiger partial charge in [0.15, 0.2) is 11.5 Å². The highest BCUT2D eigenvalue weighted by Gasteiger charge is 2.17. The number of rotatable bonds is 7. The van der Waals surface area contributed by atoms with Crippen molar-refractivity contribution in [1.82, 2.24) is 0 Å². The molecule has 0 aliphatic heterocycles. The average molecular weight is 415 g/mol. The molecule has 1 amide bonds. The Morgan fingerprint density at radius 3 is 2.48 bits per heavy atom. The molecule has 0 unspecified atom stereocenters. The van der Waals surface area contributed by atoms with Crippen LogP contribution in [0, 0.1) is 5.92 Å². The molecule has 6 nitrogen and oxygen atoms in total. The highest BCUT2D eigenvalue weighted by Crippen LogP contribution is 2.37. The van der Waals surface area contributed by atoms with Gasteiger partial charge in [0.1, 0.15) is 5.75 Å². The lowest BCUT2D eigenvalue weighted by molar-refractivity contribution is 0.102. The van der Waals surface area contributed by atoms with E-state index in [1.165, 1.54) is 20.3 Å². The number of carbonyl (C=O) groups is 1. The highest BCUT2D eigenvalue weighted by molar-refractivity contribution is 6.32. The van der Waals surface area contributed by atoms with Gasteiger partial charge in [0.05, 0.1) is 37.2 Å². The number of carbonyl (C=O) groups excluding carboxylic acids is 1. The SMILES string of the molecule is COc1ccc(N)c(NC(=O)c2cc(Cl)c(OCC(C)C)c(OC)c2)c1.Cl. The number of hydrogen-bond donors (Lipinski definition) is 2. The predicted molar refractivity (Wildman–Crippen MR) is 111 cm³/mol. The molecule has 2 rings (SSSR count). The zero-order chi connectivity index (χ0) is 19.3. The molecule has 2 aromatic rings. The Morgan fingerprint density at radius 2 is 1.89 bits per heavy atom. The minimum absolute atomic E-state index is 0. The number of nitrogens with two attached hydrogens (primary N) is 1. The van der Waals surface area contributed by atoms with Crippen LogP contribution in [0.5, 0.6) is 17.2 Å². The van der Waals surface area contributed by atoms with Gasteiger partial charge in [-0.2, -0.15) is 0 Å². The number of benzene rings is 2. The molecule has 148 valence electrons. The number of nitrogen functional groups attached to an aromatic ring is 1. The second-order valence-electron chi connectivity index (χ2n) is 6.10. The largest absolute Gasteiger partial charge is 0.497 e. The predicted octanol–water partition coefficient (Wildman–Crippen LogP) is 4.65. The van der Waals surface area contributed by atoms with Gasteiger partial charge >= 0.3 is 0 Å². The van der Waals surface area contributed by atoms with E-state index in [0.717, 1.165) is 0 Å². The Morgan fingerprint density at radius 1 is 1.19 bits per heavy atom. The Balaban J connectivity index is 0.00000364. The maximum Gasteiger partial charge on any atom is 0.255 e. The van der Waals surface area contributed by atoms with Crippen molar-refractivity contribution in [3.8, 4) is 17.2 Å². The van der Waals surface area contributed by atoms with E-state index < -0.39 is 0 Å². The highest BCUT2D eigenvalue weighted by atomic mass is 35.5. The number of anilines is 2. The summed E-state index contributed by atoms with van der Waals surface area (Å²) in [6.07, 6.45) is 0. The summed E-state index contributed by atoms with van der Waals surface area (Å²) in [5.41, 5.74) is 7.11. The molecule has 3 N–H and O–H groups in total. The summed E-state index contributed by atoms with van der Waals surface area (Å²) in [4.78, 5) is 12.6. The molecule has 0 saturated carbocycles. The zero-order valence-electron chi connectivity index (χ0n) is 15.7. The van der Waals surface area contributed by atoms with E-state index in [-0.39, 0.29) is 18.3 Å². The van der Waals surface area contributed by atoms with E-state index in [4.69, 9.17) is 31.5 Å². The normalized spacial score (nSPS) is 10.1. The van der Waals surface area contributed by atoms with Crippen LogP contribution in [0.25, 0.3) is 0 Å². The van der Waals surface area contributed by atoms with Crippen molar-refractivity contribution in [2.75, 3.05) is 31.9 Å². The van der Waals surface area contributed by atoms with Crippen LogP contribution in [0.3, 0.4) is 0 Å². The molecule has 0 aliphatic rings. The average Bonchev–Trinajstić information content (AvgIpc) is 2.61. The third kappa shape index (κ3) is 5.84. The van der Waals surface area contributed by atoms with Crippen LogP contribution in [-0.2, 0) is 0 Å². The van der Waals surface area contributed by atoms with Crippen molar-refractivity contribution in [3.05, 3.63) is 40.9 Å². The topological polar surface area (TPSA) is 82.8 Å². The first kappa shape index (κ1) is 22.7. The summed E-state index contributed by atoms with van der Waals surface area (Å²) in [6, 6.07) is 8.13. The van der Waals surface area contributed by atoms with Crippen molar-refractivity contribution in [2.45, 2.75) is 13.8 Å². The summed E-state index contributed by atoms with van der Waals surface area (Å²) in [5.74, 6) is 1.35. The van der Waals surface area contributed by atoms with Gasteiger partial charge in [-0.05, 0) is 30.2 Å². The molecule has 0 spiro atoms. The standard InChI is InChI=1S/C19H23ClN2O4.ClH/c1-11(2)10-26-18-14(20)7-12(8-17(18)25-4)19(23)22-16-9-13(24-3)5-6-15(16)21;/h5-9,11H,10,21H2,1-4H3,(H,22,23);1H. The Kier molecular flexibility index (Phi) is 8.53. The Labute approximate surface area is 170 Å². The van der Waals surface area contributed by atoms with Crippen molar-refractivity contribution in [3.63, 3.8) is 0 Å². The smallest absolute Gasteiger partial charge is 0.255 e. The molecule has 8 heteroatoms. The minimum Gasteiger partial charge on any atom is -0.497 e. The van der Waals surface area contributed by atoms with Crippen LogP contribution in [0.2, 0.25) is 5.02 Å². The first-order chi connectivity index (χ1) is 12.3. The van der Waals surface area contributed by atoms with Crippen molar-refractivity contribution in [1.29, 1.82) is 0 Å². The molecule has 0 aliphatic carbocycles. The summed E-state index contributed by atoms with van der Waals surface area (Å²) < 4.78 is 16.2. The van der Waals surface area contributed by atoms with E-state index in [9.17, 15) is 4.79 Å². The fourth-order valence-corrected chi connectivity index (χ4v) is 2.47. The van der Waals surface area contributed by atoms with Crippen molar-refractivity contribution in [2.24, 2.45) is 5.92 Å². The fraction of sp³-hybridized carbons (Fsp3) is 0.316. The fourth-order valence-electron chi connectivity index (χ4n) is 2.21. The molecule has 0 radical (unpaired) electrons. The van der Waals surface area contributed by atoms with Crippen LogP contribution in [0.15, 0.2) is 30.3 Å². The second kappa shape index (κ2) is 10.1. The summed E-state index contributed by atoms with van der Waals surface area (Å²) in [7, 11) is 3.03. The second-order valence-corrected chi connectivity index (χ2v) is 6.51. The van der Waals surface area contributed by atoms with Gasteiger partial charge in [0.2, 0.25) is 0 Å². The van der Waals surface area contributed by atoms with E-state index in [0.29, 0.717) is 51.7 Å². The van der Waals surface area contributed by atoms with Gasteiger partial charge in [-0.15, -0.1) is 12.4 Å². The van der Waals surface area contributed by atoms with E-state index in [2.05, 4.69) is 5.32 Å². The first-order valence-electron chi connectivity index (χ1n) is 8.11. The monoisotopic (exact) mass is 414 g/mol. The first-order valence-corrected chi connectivity index (χ1v) is 8.48. The zero-order valence-corrected chi connectivity index (χ0v) is 17.2. The molecule has 0 fully saturated rings. The number of methoxy groups -OCH3 is 2. The van der Waals surface area contributed by atoms with Crippen LogP contribution in [0.4, 0.5) is 11.4 Å². The number of hydrogen-bond acceptors (Lipinski definition) is 5. The van der Waals surface area contributed by atoms with E-state index in [1.54, 1.807) is 24.3 Å². The Hall–Kier alpha value is -2.31. The van der Waals surface area contributed by atoms with Gasteiger partial charge < -0.3 is 25.3 Å². The third-order valence-corrected chi connectivity index (χ3v) is 3.84.